The molecule has 0 N–H and O–H groups in total. The van der Waals surface area contributed by atoms with Crippen LogP contribution >= 0.6 is 0 Å². The molecule has 0 aliphatic carbocycles. The molecule has 4 rings (SSSR count). The Morgan fingerprint density at radius 1 is 1.18 bits per heavy atom. The monoisotopic (exact) mass is 300 g/mol. The SMILES string of the molecule is c1ccc(-n2ncnc2CN2CCOC3(CCOC3)C2)cc1. The number of aromatic nitrogens is 3. The van der Waals surface area contributed by atoms with Gasteiger partial charge in [0.05, 0.1) is 25.4 Å². The Balaban J connectivity index is 1.51. The van der Waals surface area contributed by atoms with Crippen LogP contribution in [0.25, 0.3) is 5.69 Å². The van der Waals surface area contributed by atoms with Gasteiger partial charge in [-0.1, -0.05) is 18.2 Å². The van der Waals surface area contributed by atoms with Crippen molar-refractivity contribution in [2.24, 2.45) is 0 Å². The minimum atomic E-state index is -0.115. The van der Waals surface area contributed by atoms with E-state index in [0.717, 1.165) is 50.8 Å². The van der Waals surface area contributed by atoms with Crippen molar-refractivity contribution < 1.29 is 9.47 Å². The molecule has 3 heterocycles. The van der Waals surface area contributed by atoms with Gasteiger partial charge in [0.25, 0.3) is 0 Å². The number of ether oxygens (including phenoxy) is 2. The van der Waals surface area contributed by atoms with Crippen molar-refractivity contribution in [3.05, 3.63) is 42.5 Å². The number of benzene rings is 1. The molecule has 1 unspecified atom stereocenters. The van der Waals surface area contributed by atoms with E-state index in [0.29, 0.717) is 6.61 Å². The molecule has 22 heavy (non-hydrogen) atoms. The zero-order valence-electron chi connectivity index (χ0n) is 12.5. The molecule has 2 fully saturated rings. The number of para-hydroxylation sites is 1. The number of nitrogens with zero attached hydrogens (tertiary/aromatic N) is 4. The average Bonchev–Trinajstić information content (AvgIpc) is 3.18. The van der Waals surface area contributed by atoms with Crippen LogP contribution in [0.5, 0.6) is 0 Å². The summed E-state index contributed by atoms with van der Waals surface area (Å²) in [5.41, 5.74) is 0.928. The lowest BCUT2D eigenvalue weighted by atomic mass is 10.0. The van der Waals surface area contributed by atoms with E-state index in [4.69, 9.17) is 9.47 Å². The predicted octanol–water partition coefficient (Wildman–Crippen LogP) is 1.26. The summed E-state index contributed by atoms with van der Waals surface area (Å²) in [6.07, 6.45) is 2.60. The summed E-state index contributed by atoms with van der Waals surface area (Å²) in [5.74, 6) is 0.960. The molecule has 6 nitrogen and oxygen atoms in total. The van der Waals surface area contributed by atoms with E-state index in [1.54, 1.807) is 6.33 Å². The average molecular weight is 300 g/mol. The summed E-state index contributed by atoms with van der Waals surface area (Å²) in [7, 11) is 0. The number of rotatable bonds is 3. The quantitative estimate of drug-likeness (QED) is 0.854. The van der Waals surface area contributed by atoms with Gasteiger partial charge in [0.15, 0.2) is 0 Å². The van der Waals surface area contributed by atoms with Crippen LogP contribution in [0.1, 0.15) is 12.2 Å². The van der Waals surface area contributed by atoms with E-state index >= 15 is 0 Å². The number of morpholine rings is 1. The lowest BCUT2D eigenvalue weighted by Gasteiger charge is -2.39. The van der Waals surface area contributed by atoms with Crippen molar-refractivity contribution in [2.75, 3.05) is 32.9 Å². The third-order valence-electron chi connectivity index (χ3n) is 4.38. The summed E-state index contributed by atoms with van der Waals surface area (Å²) in [6.45, 7) is 4.85. The fraction of sp³-hybridized carbons (Fsp3) is 0.500. The first-order chi connectivity index (χ1) is 10.8. The van der Waals surface area contributed by atoms with Gasteiger partial charge in [-0.2, -0.15) is 5.10 Å². The van der Waals surface area contributed by atoms with Crippen LogP contribution in [0.3, 0.4) is 0 Å². The molecular formula is C16H20N4O2. The lowest BCUT2D eigenvalue weighted by molar-refractivity contribution is -0.111. The highest BCUT2D eigenvalue weighted by atomic mass is 16.6. The van der Waals surface area contributed by atoms with Crippen molar-refractivity contribution in [2.45, 2.75) is 18.6 Å². The lowest BCUT2D eigenvalue weighted by Crippen LogP contribution is -2.52. The van der Waals surface area contributed by atoms with Crippen molar-refractivity contribution in [1.82, 2.24) is 19.7 Å². The minimum Gasteiger partial charge on any atom is -0.378 e. The molecule has 1 spiro atoms. The van der Waals surface area contributed by atoms with E-state index < -0.39 is 0 Å². The zero-order chi connectivity index (χ0) is 14.8. The third kappa shape index (κ3) is 2.65. The maximum Gasteiger partial charge on any atom is 0.146 e. The van der Waals surface area contributed by atoms with Crippen molar-refractivity contribution >= 4 is 0 Å². The molecular weight excluding hydrogens is 280 g/mol. The van der Waals surface area contributed by atoms with Crippen LogP contribution in [-0.4, -0.2) is 58.2 Å². The fourth-order valence-corrected chi connectivity index (χ4v) is 3.24. The van der Waals surface area contributed by atoms with Gasteiger partial charge in [-0.25, -0.2) is 9.67 Å². The van der Waals surface area contributed by atoms with Crippen molar-refractivity contribution in [3.8, 4) is 5.69 Å². The summed E-state index contributed by atoms with van der Waals surface area (Å²) in [6, 6.07) is 10.1. The van der Waals surface area contributed by atoms with Gasteiger partial charge in [0, 0.05) is 26.1 Å². The molecule has 0 saturated carbocycles. The standard InChI is InChI=1S/C16H20N4O2/c1-2-4-14(5-3-1)20-15(17-13-18-20)10-19-7-9-22-16(11-19)6-8-21-12-16/h1-5,13H,6-12H2. The first-order valence-electron chi connectivity index (χ1n) is 7.73. The smallest absolute Gasteiger partial charge is 0.146 e. The predicted molar refractivity (Wildman–Crippen MR) is 80.8 cm³/mol. The van der Waals surface area contributed by atoms with E-state index in [-0.39, 0.29) is 5.60 Å². The fourth-order valence-electron chi connectivity index (χ4n) is 3.24. The number of hydrogen-bond donors (Lipinski definition) is 0. The summed E-state index contributed by atoms with van der Waals surface area (Å²) in [4.78, 5) is 6.83. The van der Waals surface area contributed by atoms with Gasteiger partial charge in [-0.05, 0) is 12.1 Å². The molecule has 6 heteroatoms. The third-order valence-corrected chi connectivity index (χ3v) is 4.38. The first-order valence-corrected chi connectivity index (χ1v) is 7.73. The Kier molecular flexibility index (Phi) is 3.65. The highest BCUT2D eigenvalue weighted by Gasteiger charge is 2.40. The highest BCUT2D eigenvalue weighted by molar-refractivity contribution is 5.30. The first kappa shape index (κ1) is 13.9. The topological polar surface area (TPSA) is 52.4 Å². The van der Waals surface area contributed by atoms with Gasteiger partial charge < -0.3 is 9.47 Å². The zero-order valence-corrected chi connectivity index (χ0v) is 12.5. The van der Waals surface area contributed by atoms with E-state index in [1.807, 2.05) is 35.0 Å². The molecule has 116 valence electrons. The van der Waals surface area contributed by atoms with Crippen LogP contribution < -0.4 is 0 Å². The second-order valence-corrected chi connectivity index (χ2v) is 5.97. The van der Waals surface area contributed by atoms with E-state index in [1.165, 1.54) is 0 Å². The summed E-state index contributed by atoms with van der Waals surface area (Å²) >= 11 is 0. The summed E-state index contributed by atoms with van der Waals surface area (Å²) < 4.78 is 13.4. The van der Waals surface area contributed by atoms with Gasteiger partial charge in [0.1, 0.15) is 17.8 Å². The van der Waals surface area contributed by atoms with Crippen molar-refractivity contribution in [1.29, 1.82) is 0 Å². The Bertz CT molecular complexity index is 622. The van der Waals surface area contributed by atoms with Crippen LogP contribution in [0.15, 0.2) is 36.7 Å². The van der Waals surface area contributed by atoms with Gasteiger partial charge in [-0.15, -0.1) is 0 Å². The molecule has 2 aromatic rings. The molecule has 0 bridgehead atoms. The molecule has 1 atom stereocenters. The van der Waals surface area contributed by atoms with Gasteiger partial charge in [-0.3, -0.25) is 4.90 Å². The maximum atomic E-state index is 5.98. The Morgan fingerprint density at radius 2 is 2.09 bits per heavy atom. The molecule has 2 aliphatic heterocycles. The molecule has 0 amide bonds. The van der Waals surface area contributed by atoms with Gasteiger partial charge >= 0.3 is 0 Å². The van der Waals surface area contributed by atoms with E-state index in [2.05, 4.69) is 15.0 Å². The van der Waals surface area contributed by atoms with E-state index in [9.17, 15) is 0 Å². The maximum absolute atomic E-state index is 5.98. The van der Waals surface area contributed by atoms with Crippen LogP contribution in [-0.2, 0) is 16.0 Å². The normalized spacial score (nSPS) is 25.8. The molecule has 1 aromatic carbocycles. The highest BCUT2D eigenvalue weighted by Crippen LogP contribution is 2.28. The van der Waals surface area contributed by atoms with Crippen LogP contribution in [0, 0.1) is 0 Å². The Hall–Kier alpha value is -1.76. The van der Waals surface area contributed by atoms with Crippen LogP contribution in [0.4, 0.5) is 0 Å². The second-order valence-electron chi connectivity index (χ2n) is 5.97. The molecule has 2 aliphatic rings. The Morgan fingerprint density at radius 3 is 2.91 bits per heavy atom. The molecule has 2 saturated heterocycles. The second kappa shape index (κ2) is 5.79. The minimum absolute atomic E-state index is 0.115. The van der Waals surface area contributed by atoms with Gasteiger partial charge in [0.2, 0.25) is 0 Å². The summed E-state index contributed by atoms with van der Waals surface area (Å²) in [5, 5.41) is 4.36. The Labute approximate surface area is 129 Å². The molecule has 0 radical (unpaired) electrons. The molecule has 1 aromatic heterocycles. The van der Waals surface area contributed by atoms with Crippen molar-refractivity contribution in [3.63, 3.8) is 0 Å². The number of hydrogen-bond acceptors (Lipinski definition) is 5. The van der Waals surface area contributed by atoms with Crippen LogP contribution in [0.2, 0.25) is 0 Å². The largest absolute Gasteiger partial charge is 0.378 e.